The van der Waals surface area contributed by atoms with Crippen molar-refractivity contribution >= 4 is 11.8 Å². The van der Waals surface area contributed by atoms with Crippen molar-refractivity contribution < 1.29 is 9.63 Å². The Balaban J connectivity index is 2.17. The normalized spacial score (nSPS) is 13.2. The summed E-state index contributed by atoms with van der Waals surface area (Å²) in [5.74, 6) is 0.907. The number of rotatable bonds is 5. The Bertz CT molecular complexity index is 201. The van der Waals surface area contributed by atoms with Crippen LogP contribution in [-0.4, -0.2) is 22.1 Å². The number of hydrogen-bond acceptors (Lipinski definition) is 4. The maximum atomic E-state index is 8.65. The Morgan fingerprint density at radius 2 is 2.58 bits per heavy atom. The highest BCUT2D eigenvalue weighted by atomic mass is 32.2. The Labute approximate surface area is 76.1 Å². The van der Waals surface area contributed by atoms with Crippen LogP contribution in [0, 0.1) is 0 Å². The lowest BCUT2D eigenvalue weighted by Gasteiger charge is -2.06. The highest BCUT2D eigenvalue weighted by Crippen LogP contribution is 2.18. The fraction of sp³-hybridized carbons (Fsp3) is 0.625. The van der Waals surface area contributed by atoms with Crippen molar-refractivity contribution in [3.05, 3.63) is 18.0 Å². The SMILES string of the molecule is CC(CCO)SCc1cnoc1. The molecule has 12 heavy (non-hydrogen) atoms. The molecule has 4 heteroatoms. The Kier molecular flexibility index (Phi) is 4.18. The molecule has 1 unspecified atom stereocenters. The molecule has 0 amide bonds. The molecule has 3 nitrogen and oxygen atoms in total. The predicted molar refractivity (Wildman–Crippen MR) is 49.0 cm³/mol. The van der Waals surface area contributed by atoms with Crippen molar-refractivity contribution in [2.24, 2.45) is 0 Å². The molecule has 0 bridgehead atoms. The van der Waals surface area contributed by atoms with E-state index < -0.39 is 0 Å². The van der Waals surface area contributed by atoms with Gasteiger partial charge in [0.15, 0.2) is 0 Å². The average Bonchev–Trinajstić information content (AvgIpc) is 2.53. The minimum atomic E-state index is 0.262. The van der Waals surface area contributed by atoms with E-state index in [1.54, 1.807) is 24.2 Å². The molecule has 0 radical (unpaired) electrons. The summed E-state index contributed by atoms with van der Waals surface area (Å²) in [5, 5.41) is 12.7. The molecule has 68 valence electrons. The molecule has 0 aliphatic heterocycles. The molecule has 0 saturated heterocycles. The standard InChI is InChI=1S/C8H13NO2S/c1-7(2-3-10)12-6-8-4-9-11-5-8/h4-5,7,10H,2-3,6H2,1H3. The number of thioether (sulfide) groups is 1. The topological polar surface area (TPSA) is 46.3 Å². The van der Waals surface area contributed by atoms with Gasteiger partial charge in [-0.1, -0.05) is 12.1 Å². The van der Waals surface area contributed by atoms with Gasteiger partial charge in [-0.25, -0.2) is 0 Å². The van der Waals surface area contributed by atoms with E-state index in [-0.39, 0.29) is 6.61 Å². The number of hydrogen-bond donors (Lipinski definition) is 1. The molecule has 0 aliphatic rings. The van der Waals surface area contributed by atoms with E-state index in [2.05, 4.69) is 12.1 Å². The van der Waals surface area contributed by atoms with E-state index in [0.29, 0.717) is 5.25 Å². The fourth-order valence-electron chi connectivity index (χ4n) is 0.802. The minimum Gasteiger partial charge on any atom is -0.396 e. The van der Waals surface area contributed by atoms with Crippen molar-refractivity contribution in [2.75, 3.05) is 6.61 Å². The molecule has 1 heterocycles. The summed E-state index contributed by atoms with van der Waals surface area (Å²) >= 11 is 1.80. The van der Waals surface area contributed by atoms with Gasteiger partial charge in [-0.3, -0.25) is 0 Å². The molecule has 1 aromatic heterocycles. The van der Waals surface area contributed by atoms with E-state index in [4.69, 9.17) is 9.63 Å². The summed E-state index contributed by atoms with van der Waals surface area (Å²) < 4.78 is 4.69. The van der Waals surface area contributed by atoms with Crippen LogP contribution in [0.4, 0.5) is 0 Å². The quantitative estimate of drug-likeness (QED) is 0.761. The van der Waals surface area contributed by atoms with Crippen molar-refractivity contribution in [1.82, 2.24) is 5.16 Å². The van der Waals surface area contributed by atoms with Gasteiger partial charge < -0.3 is 9.63 Å². The average molecular weight is 187 g/mol. The summed E-state index contributed by atoms with van der Waals surface area (Å²) in [6.07, 6.45) is 4.22. The van der Waals surface area contributed by atoms with Crippen molar-refractivity contribution in [2.45, 2.75) is 24.3 Å². The van der Waals surface area contributed by atoms with E-state index in [9.17, 15) is 0 Å². The number of aliphatic hydroxyl groups excluding tert-OH is 1. The molecule has 0 fully saturated rings. The number of nitrogens with zero attached hydrogens (tertiary/aromatic N) is 1. The number of aliphatic hydroxyl groups is 1. The molecule has 0 saturated carbocycles. The van der Waals surface area contributed by atoms with Crippen LogP contribution < -0.4 is 0 Å². The van der Waals surface area contributed by atoms with Crippen LogP contribution in [0.5, 0.6) is 0 Å². The Hall–Kier alpha value is -0.480. The first-order chi connectivity index (χ1) is 5.83. The zero-order valence-corrected chi connectivity index (χ0v) is 7.88. The molecule has 0 spiro atoms. The van der Waals surface area contributed by atoms with Gasteiger partial charge in [-0.15, -0.1) is 0 Å². The van der Waals surface area contributed by atoms with Crippen LogP contribution in [0.3, 0.4) is 0 Å². The van der Waals surface area contributed by atoms with E-state index >= 15 is 0 Å². The summed E-state index contributed by atoms with van der Waals surface area (Å²) in [7, 11) is 0. The van der Waals surface area contributed by atoms with Gasteiger partial charge in [0.2, 0.25) is 0 Å². The van der Waals surface area contributed by atoms with Crippen LogP contribution in [0.1, 0.15) is 18.9 Å². The molecule has 1 aromatic rings. The summed E-state index contributed by atoms with van der Waals surface area (Å²) in [4.78, 5) is 0. The maximum Gasteiger partial charge on any atom is 0.127 e. The van der Waals surface area contributed by atoms with Gasteiger partial charge in [0.05, 0.1) is 6.20 Å². The molecule has 0 aliphatic carbocycles. The molecule has 1 N–H and O–H groups in total. The first-order valence-electron chi connectivity index (χ1n) is 3.93. The van der Waals surface area contributed by atoms with Gasteiger partial charge in [-0.2, -0.15) is 11.8 Å². The minimum absolute atomic E-state index is 0.262. The fourth-order valence-corrected chi connectivity index (χ4v) is 1.69. The third kappa shape index (κ3) is 3.28. The second-order valence-electron chi connectivity index (χ2n) is 2.67. The molecular formula is C8H13NO2S. The Morgan fingerprint density at radius 3 is 3.17 bits per heavy atom. The molecule has 1 atom stereocenters. The lowest BCUT2D eigenvalue weighted by atomic mass is 10.3. The zero-order chi connectivity index (χ0) is 8.81. The van der Waals surface area contributed by atoms with Crippen molar-refractivity contribution in [1.29, 1.82) is 0 Å². The van der Waals surface area contributed by atoms with Gasteiger partial charge in [0.1, 0.15) is 6.26 Å². The van der Waals surface area contributed by atoms with Gasteiger partial charge >= 0.3 is 0 Å². The zero-order valence-electron chi connectivity index (χ0n) is 7.06. The van der Waals surface area contributed by atoms with E-state index in [1.165, 1.54) is 0 Å². The largest absolute Gasteiger partial charge is 0.396 e. The first kappa shape index (κ1) is 9.61. The van der Waals surface area contributed by atoms with Crippen LogP contribution in [-0.2, 0) is 5.75 Å². The van der Waals surface area contributed by atoms with Crippen molar-refractivity contribution in [3.63, 3.8) is 0 Å². The van der Waals surface area contributed by atoms with Crippen LogP contribution in [0.15, 0.2) is 17.0 Å². The number of aromatic nitrogens is 1. The monoisotopic (exact) mass is 187 g/mol. The van der Waals surface area contributed by atoms with Crippen LogP contribution in [0.25, 0.3) is 0 Å². The lowest BCUT2D eigenvalue weighted by Crippen LogP contribution is -1.99. The van der Waals surface area contributed by atoms with Gasteiger partial charge in [0, 0.05) is 23.2 Å². The van der Waals surface area contributed by atoms with E-state index in [0.717, 1.165) is 17.7 Å². The van der Waals surface area contributed by atoms with Crippen LogP contribution >= 0.6 is 11.8 Å². The molecule has 1 rings (SSSR count). The first-order valence-corrected chi connectivity index (χ1v) is 4.98. The van der Waals surface area contributed by atoms with Gasteiger partial charge in [-0.05, 0) is 6.42 Å². The second-order valence-corrected chi connectivity index (χ2v) is 4.09. The predicted octanol–water partition coefficient (Wildman–Crippen LogP) is 1.68. The maximum absolute atomic E-state index is 8.65. The smallest absolute Gasteiger partial charge is 0.127 e. The third-order valence-electron chi connectivity index (χ3n) is 1.55. The highest BCUT2D eigenvalue weighted by molar-refractivity contribution is 7.99. The van der Waals surface area contributed by atoms with Crippen LogP contribution in [0.2, 0.25) is 0 Å². The molecule has 0 aromatic carbocycles. The third-order valence-corrected chi connectivity index (χ3v) is 2.86. The van der Waals surface area contributed by atoms with Gasteiger partial charge in [0.25, 0.3) is 0 Å². The highest BCUT2D eigenvalue weighted by Gasteiger charge is 2.02. The lowest BCUT2D eigenvalue weighted by molar-refractivity contribution is 0.289. The van der Waals surface area contributed by atoms with E-state index in [1.807, 2.05) is 0 Å². The van der Waals surface area contributed by atoms with Crippen molar-refractivity contribution in [3.8, 4) is 0 Å². The summed E-state index contributed by atoms with van der Waals surface area (Å²) in [6.45, 7) is 2.37. The summed E-state index contributed by atoms with van der Waals surface area (Å²) in [6, 6.07) is 0. The summed E-state index contributed by atoms with van der Waals surface area (Å²) in [5.41, 5.74) is 1.10. The molecular weight excluding hydrogens is 174 g/mol. The Morgan fingerprint density at radius 1 is 1.75 bits per heavy atom. The second kappa shape index (κ2) is 5.22.